The highest BCUT2D eigenvalue weighted by Gasteiger charge is 1.94. The first-order valence-corrected chi connectivity index (χ1v) is 5.77. The third kappa shape index (κ3) is 6.16. The van der Waals surface area contributed by atoms with Gasteiger partial charge < -0.3 is 0 Å². The predicted molar refractivity (Wildman–Crippen MR) is 52.4 cm³/mol. The van der Waals surface area contributed by atoms with Crippen molar-refractivity contribution in [2.75, 3.05) is 0 Å². The Bertz CT molecular complexity index is 237. The third-order valence-corrected chi connectivity index (χ3v) is 2.53. The average Bonchev–Trinajstić information content (AvgIpc) is 2.04. The Morgan fingerprint density at radius 2 is 2.00 bits per heavy atom. The molecule has 0 aromatic carbocycles. The van der Waals surface area contributed by atoms with E-state index in [0.717, 1.165) is 31.1 Å². The van der Waals surface area contributed by atoms with Crippen molar-refractivity contribution in [2.24, 2.45) is 0 Å². The largest absolute Gasteiger partial charge is 0.220 e. The first-order chi connectivity index (χ1) is 5.62. The summed E-state index contributed by atoms with van der Waals surface area (Å²) in [5.41, 5.74) is 0. The first kappa shape index (κ1) is 11.4. The molecule has 0 radical (unpaired) electrons. The summed E-state index contributed by atoms with van der Waals surface area (Å²) < 4.78 is 21.7. The number of hydrogen-bond donors (Lipinski definition) is 0. The van der Waals surface area contributed by atoms with Gasteiger partial charge in [-0.25, -0.2) is 8.42 Å². The van der Waals surface area contributed by atoms with Gasteiger partial charge in [0.1, 0.15) is 0 Å². The first-order valence-electron chi connectivity index (χ1n) is 4.16. The molecule has 2 nitrogen and oxygen atoms in total. The maximum absolute atomic E-state index is 10.8. The van der Waals surface area contributed by atoms with E-state index in [-0.39, 0.29) is 0 Å². The van der Waals surface area contributed by atoms with Crippen LogP contribution in [0.25, 0.3) is 0 Å². The fourth-order valence-corrected chi connectivity index (χ4v) is 1.29. The van der Waals surface area contributed by atoms with E-state index >= 15 is 0 Å². The van der Waals surface area contributed by atoms with Gasteiger partial charge in [0.25, 0.3) is 0 Å². The van der Waals surface area contributed by atoms with Gasteiger partial charge in [0.2, 0.25) is 0 Å². The Labute approximate surface area is 74.9 Å². The lowest BCUT2D eigenvalue weighted by atomic mass is 10.2. The van der Waals surface area contributed by atoms with Crippen molar-refractivity contribution in [3.63, 3.8) is 0 Å². The molecule has 0 amide bonds. The normalized spacial score (nSPS) is 12.1. The Morgan fingerprint density at radius 3 is 2.50 bits per heavy atom. The van der Waals surface area contributed by atoms with Gasteiger partial charge in [0.05, 0.1) is 0 Å². The molecule has 0 spiro atoms. The number of rotatable bonds is 6. The zero-order chi connectivity index (χ0) is 9.45. The van der Waals surface area contributed by atoms with Crippen LogP contribution in [0.3, 0.4) is 0 Å². The molecule has 0 aromatic rings. The van der Waals surface area contributed by atoms with Crippen LogP contribution in [0.15, 0.2) is 23.5 Å². The van der Waals surface area contributed by atoms with Crippen molar-refractivity contribution < 1.29 is 8.42 Å². The fraction of sp³-hybridized carbons (Fsp3) is 0.556. The van der Waals surface area contributed by atoms with Crippen molar-refractivity contribution in [3.8, 4) is 0 Å². The summed E-state index contributed by atoms with van der Waals surface area (Å²) in [6.45, 7) is 5.32. The second kappa shape index (κ2) is 6.00. The molecule has 0 rings (SSSR count). The quantitative estimate of drug-likeness (QED) is 0.600. The molecule has 0 unspecified atom stereocenters. The average molecular weight is 188 g/mol. The lowest BCUT2D eigenvalue weighted by molar-refractivity contribution is 0.612. The van der Waals surface area contributed by atoms with Crippen LogP contribution in [0.2, 0.25) is 0 Å². The van der Waals surface area contributed by atoms with E-state index < -0.39 is 9.84 Å². The summed E-state index contributed by atoms with van der Waals surface area (Å²) in [7, 11) is -3.12. The van der Waals surface area contributed by atoms with Crippen LogP contribution in [0.5, 0.6) is 0 Å². The molecule has 0 aliphatic rings. The van der Waals surface area contributed by atoms with Crippen LogP contribution >= 0.6 is 0 Å². The molecule has 0 saturated carbocycles. The van der Waals surface area contributed by atoms with Gasteiger partial charge in [0, 0.05) is 10.8 Å². The highest BCUT2D eigenvalue weighted by molar-refractivity contribution is 7.97. The molecule has 0 heterocycles. The zero-order valence-electron chi connectivity index (χ0n) is 7.49. The van der Waals surface area contributed by atoms with Gasteiger partial charge >= 0.3 is 0 Å². The Hall–Kier alpha value is -0.570. The molecule has 70 valence electrons. The number of unbranched alkanes of at least 4 members (excludes halogenated alkanes) is 3. The Kier molecular flexibility index (Phi) is 5.72. The second-order valence-corrected chi connectivity index (χ2v) is 4.41. The van der Waals surface area contributed by atoms with Crippen molar-refractivity contribution in [2.45, 2.75) is 32.6 Å². The standard InChI is InChI=1S/C9H16O2S/c1-3-5-6-7-8-9-12(10,11)4-2/h4,8-9H,2-3,5-7H2,1H3. The van der Waals surface area contributed by atoms with Gasteiger partial charge in [0.15, 0.2) is 9.84 Å². The topological polar surface area (TPSA) is 34.1 Å². The zero-order valence-corrected chi connectivity index (χ0v) is 8.31. The van der Waals surface area contributed by atoms with Crippen LogP contribution in [-0.2, 0) is 9.84 Å². The van der Waals surface area contributed by atoms with E-state index in [2.05, 4.69) is 13.5 Å². The molecule has 0 aliphatic heterocycles. The van der Waals surface area contributed by atoms with E-state index in [1.807, 2.05) is 0 Å². The predicted octanol–water partition coefficient (Wildman–Crippen LogP) is 2.64. The number of sulfone groups is 1. The highest BCUT2D eigenvalue weighted by atomic mass is 32.2. The van der Waals surface area contributed by atoms with E-state index in [1.54, 1.807) is 6.08 Å². The van der Waals surface area contributed by atoms with E-state index in [4.69, 9.17) is 0 Å². The Balaban J connectivity index is 3.70. The minimum Gasteiger partial charge on any atom is -0.220 e. The van der Waals surface area contributed by atoms with Crippen LogP contribution in [-0.4, -0.2) is 8.42 Å². The van der Waals surface area contributed by atoms with Crippen molar-refractivity contribution >= 4 is 9.84 Å². The molecule has 0 saturated heterocycles. The second-order valence-electron chi connectivity index (χ2n) is 2.62. The maximum atomic E-state index is 10.8. The van der Waals surface area contributed by atoms with Gasteiger partial charge in [-0.05, 0) is 12.8 Å². The van der Waals surface area contributed by atoms with Crippen molar-refractivity contribution in [3.05, 3.63) is 23.5 Å². The molecule has 0 fully saturated rings. The van der Waals surface area contributed by atoms with Gasteiger partial charge in [-0.2, -0.15) is 0 Å². The molecular weight excluding hydrogens is 172 g/mol. The SMILES string of the molecule is C=CS(=O)(=O)C=CCCCCC. The summed E-state index contributed by atoms with van der Waals surface area (Å²) in [5, 5.41) is 2.18. The summed E-state index contributed by atoms with van der Waals surface area (Å²) in [6, 6.07) is 0. The van der Waals surface area contributed by atoms with Crippen LogP contribution in [0, 0.1) is 0 Å². The van der Waals surface area contributed by atoms with Crippen molar-refractivity contribution in [1.82, 2.24) is 0 Å². The molecule has 0 aromatic heterocycles. The van der Waals surface area contributed by atoms with Gasteiger partial charge in [-0.15, -0.1) is 0 Å². The van der Waals surface area contributed by atoms with Gasteiger partial charge in [-0.1, -0.05) is 32.4 Å². The fourth-order valence-electron chi connectivity index (χ4n) is 0.770. The monoisotopic (exact) mass is 188 g/mol. The van der Waals surface area contributed by atoms with E-state index in [0.29, 0.717) is 0 Å². The molecule has 0 N–H and O–H groups in total. The molecule has 12 heavy (non-hydrogen) atoms. The molecular formula is C9H16O2S. The summed E-state index contributed by atoms with van der Waals surface area (Å²) in [6.07, 6.45) is 5.88. The molecule has 0 aliphatic carbocycles. The van der Waals surface area contributed by atoms with E-state index in [9.17, 15) is 8.42 Å². The summed E-state index contributed by atoms with van der Waals surface area (Å²) in [5.74, 6) is 0. The number of hydrogen-bond acceptors (Lipinski definition) is 2. The van der Waals surface area contributed by atoms with Gasteiger partial charge in [-0.3, -0.25) is 0 Å². The maximum Gasteiger partial charge on any atom is 0.192 e. The summed E-state index contributed by atoms with van der Waals surface area (Å²) in [4.78, 5) is 0. The summed E-state index contributed by atoms with van der Waals surface area (Å²) >= 11 is 0. The highest BCUT2D eigenvalue weighted by Crippen LogP contribution is 2.01. The minimum atomic E-state index is -3.12. The van der Waals surface area contributed by atoms with Crippen molar-refractivity contribution in [1.29, 1.82) is 0 Å². The van der Waals surface area contributed by atoms with Crippen LogP contribution < -0.4 is 0 Å². The molecule has 0 atom stereocenters. The van der Waals surface area contributed by atoms with Crippen LogP contribution in [0.1, 0.15) is 32.6 Å². The molecule has 3 heteroatoms. The lowest BCUT2D eigenvalue weighted by Crippen LogP contribution is -1.86. The number of allylic oxidation sites excluding steroid dienone is 1. The Morgan fingerprint density at radius 1 is 1.33 bits per heavy atom. The third-order valence-electron chi connectivity index (χ3n) is 1.49. The smallest absolute Gasteiger partial charge is 0.192 e. The van der Waals surface area contributed by atoms with E-state index in [1.165, 1.54) is 5.41 Å². The lowest BCUT2D eigenvalue weighted by Gasteiger charge is -1.91. The van der Waals surface area contributed by atoms with Crippen LogP contribution in [0.4, 0.5) is 0 Å². The minimum absolute atomic E-state index is 0.834. The molecule has 0 bridgehead atoms.